The third-order valence-electron chi connectivity index (χ3n) is 6.91. The van der Waals surface area contributed by atoms with Crippen molar-refractivity contribution in [2.24, 2.45) is 5.92 Å². The molecule has 1 spiro atoms. The summed E-state index contributed by atoms with van der Waals surface area (Å²) in [6.07, 6.45) is 2.14. The van der Waals surface area contributed by atoms with Crippen LogP contribution in [0.2, 0.25) is 0 Å². The predicted molar refractivity (Wildman–Crippen MR) is 124 cm³/mol. The van der Waals surface area contributed by atoms with Gasteiger partial charge in [-0.05, 0) is 23.3 Å². The Morgan fingerprint density at radius 3 is 2.89 bits per heavy atom. The molecule has 35 heavy (non-hydrogen) atoms. The molecule has 3 aromatic rings. The van der Waals surface area contributed by atoms with Crippen molar-refractivity contribution >= 4 is 29.1 Å². The van der Waals surface area contributed by atoms with Gasteiger partial charge in [0.1, 0.15) is 11.7 Å². The van der Waals surface area contributed by atoms with Gasteiger partial charge in [-0.1, -0.05) is 24.3 Å². The number of amides is 3. The molecule has 4 heterocycles. The first-order valence-electron chi connectivity index (χ1n) is 11.3. The van der Waals surface area contributed by atoms with E-state index in [1.807, 2.05) is 6.07 Å². The van der Waals surface area contributed by atoms with Gasteiger partial charge in [-0.2, -0.15) is 5.10 Å². The first-order chi connectivity index (χ1) is 16.8. The number of hydrogen-bond donors (Lipinski definition) is 3. The predicted octanol–water partition coefficient (Wildman–Crippen LogP) is -0.568. The molecule has 11 heteroatoms. The Morgan fingerprint density at radius 2 is 2.09 bits per heavy atom. The van der Waals surface area contributed by atoms with E-state index in [-0.39, 0.29) is 43.8 Å². The Kier molecular flexibility index (Phi) is 5.73. The maximum atomic E-state index is 13.6. The van der Waals surface area contributed by atoms with Crippen LogP contribution in [-0.2, 0) is 26.2 Å². The molecule has 182 valence electrons. The fourth-order valence-electron chi connectivity index (χ4n) is 5.15. The van der Waals surface area contributed by atoms with E-state index in [1.54, 1.807) is 45.9 Å². The summed E-state index contributed by atoms with van der Waals surface area (Å²) in [7, 11) is 1.52. The lowest BCUT2D eigenvalue weighted by Gasteiger charge is -2.31. The van der Waals surface area contributed by atoms with Crippen LogP contribution in [0.3, 0.4) is 0 Å². The van der Waals surface area contributed by atoms with Crippen molar-refractivity contribution in [3.63, 3.8) is 0 Å². The Morgan fingerprint density at radius 1 is 1.29 bits per heavy atom. The van der Waals surface area contributed by atoms with Gasteiger partial charge in [0.05, 0.1) is 25.0 Å². The monoisotopic (exact) mass is 478 g/mol. The molecule has 11 nitrogen and oxygen atoms in total. The third-order valence-corrected chi connectivity index (χ3v) is 6.91. The molecule has 3 unspecified atom stereocenters. The number of likely N-dealkylation sites (N-methyl/N-ethyl adjacent to an activating group) is 1. The molecular formula is C24H26N6O5. The van der Waals surface area contributed by atoms with E-state index in [2.05, 4.69) is 15.4 Å². The van der Waals surface area contributed by atoms with Gasteiger partial charge in [0.25, 0.3) is 0 Å². The van der Waals surface area contributed by atoms with Gasteiger partial charge in [-0.25, -0.2) is 9.50 Å². The highest BCUT2D eigenvalue weighted by molar-refractivity contribution is 6.10. The van der Waals surface area contributed by atoms with Gasteiger partial charge >= 0.3 is 0 Å². The highest BCUT2D eigenvalue weighted by Gasteiger charge is 2.61. The number of likely N-dealkylation sites (tertiary alicyclic amines) is 1. The van der Waals surface area contributed by atoms with Crippen LogP contribution in [0, 0.1) is 5.92 Å². The fraction of sp³-hybridized carbons (Fsp3) is 0.375. The van der Waals surface area contributed by atoms with E-state index < -0.39 is 24.0 Å². The number of nitrogens with zero attached hydrogens (tertiary/aromatic N) is 5. The molecule has 0 aliphatic carbocycles. The number of aliphatic hydroxyl groups excluding tert-OH is 2. The minimum Gasteiger partial charge on any atom is -0.394 e. The number of aliphatic hydroxyl groups is 2. The van der Waals surface area contributed by atoms with Crippen LogP contribution in [0.1, 0.15) is 11.1 Å². The summed E-state index contributed by atoms with van der Waals surface area (Å²) in [4.78, 5) is 47.3. The smallest absolute Gasteiger partial charge is 0.237 e. The van der Waals surface area contributed by atoms with Gasteiger partial charge < -0.3 is 25.3 Å². The number of aromatic nitrogens is 3. The molecule has 3 atom stereocenters. The van der Waals surface area contributed by atoms with Crippen molar-refractivity contribution in [3.8, 4) is 0 Å². The molecule has 0 radical (unpaired) electrons. The van der Waals surface area contributed by atoms with Crippen molar-refractivity contribution < 1.29 is 24.6 Å². The SMILES string of the molecule is CN(CC(O)CO)C(=O)C1CN(C(=O)Cc2ccc3ncnn3c2)CC12C(=O)Nc1ccccc12. The van der Waals surface area contributed by atoms with Crippen LogP contribution in [-0.4, -0.2) is 91.7 Å². The average Bonchev–Trinajstić information content (AvgIpc) is 3.55. The van der Waals surface area contributed by atoms with Gasteiger partial charge in [0.15, 0.2) is 5.65 Å². The lowest BCUT2D eigenvalue weighted by Crippen LogP contribution is -2.50. The Bertz CT molecular complexity index is 1310. The number of fused-ring (bicyclic) bond motifs is 3. The summed E-state index contributed by atoms with van der Waals surface area (Å²) in [5.41, 5.74) is 1.46. The highest BCUT2D eigenvalue weighted by Crippen LogP contribution is 2.48. The van der Waals surface area contributed by atoms with E-state index in [0.717, 1.165) is 5.56 Å². The number of benzene rings is 1. The number of rotatable bonds is 6. The molecule has 0 saturated carbocycles. The van der Waals surface area contributed by atoms with Crippen molar-refractivity contribution in [2.75, 3.05) is 38.6 Å². The Labute approximate surface area is 201 Å². The second kappa shape index (κ2) is 8.75. The lowest BCUT2D eigenvalue weighted by atomic mass is 9.72. The summed E-state index contributed by atoms with van der Waals surface area (Å²) in [6, 6.07) is 10.8. The minimum absolute atomic E-state index is 0.0601. The largest absolute Gasteiger partial charge is 0.394 e. The van der Waals surface area contributed by atoms with Crippen LogP contribution in [0.25, 0.3) is 5.65 Å². The molecule has 1 fully saturated rings. The van der Waals surface area contributed by atoms with E-state index in [4.69, 9.17) is 0 Å². The fourth-order valence-corrected chi connectivity index (χ4v) is 5.15. The molecule has 0 bridgehead atoms. The second-order valence-electron chi connectivity index (χ2n) is 9.13. The first-order valence-corrected chi connectivity index (χ1v) is 11.3. The van der Waals surface area contributed by atoms with Gasteiger partial charge in [0, 0.05) is 38.6 Å². The van der Waals surface area contributed by atoms with Crippen molar-refractivity contribution in [3.05, 3.63) is 60.0 Å². The third kappa shape index (κ3) is 3.82. The van der Waals surface area contributed by atoms with Crippen molar-refractivity contribution in [1.29, 1.82) is 0 Å². The van der Waals surface area contributed by atoms with E-state index in [9.17, 15) is 24.6 Å². The maximum absolute atomic E-state index is 13.6. The molecule has 2 aromatic heterocycles. The molecule has 5 rings (SSSR count). The number of carbonyl (C=O) groups is 3. The standard InChI is InChI=1S/C24H26N6O5/c1-28(10-16(32)12-31)22(34)18-11-29(13-24(18)17-4-2-3-5-19(17)27-23(24)35)21(33)8-15-6-7-20-25-14-26-30(20)9-15/h2-7,9,14,16,18,31-32H,8,10-13H2,1H3,(H,27,35). The average molecular weight is 479 g/mol. The normalized spacial score (nSPS) is 21.9. The molecule has 1 saturated heterocycles. The summed E-state index contributed by atoms with van der Waals surface area (Å²) in [5.74, 6) is -1.76. The molecule has 3 N–H and O–H groups in total. The zero-order chi connectivity index (χ0) is 24.7. The Hall–Kier alpha value is -3.83. The topological polar surface area (TPSA) is 140 Å². The first kappa shape index (κ1) is 22.9. The van der Waals surface area contributed by atoms with Gasteiger partial charge in [-0.15, -0.1) is 0 Å². The Balaban J connectivity index is 1.46. The van der Waals surface area contributed by atoms with Crippen LogP contribution in [0.15, 0.2) is 48.9 Å². The number of pyridine rings is 1. The highest BCUT2D eigenvalue weighted by atomic mass is 16.3. The molecule has 2 aliphatic rings. The summed E-state index contributed by atoms with van der Waals surface area (Å²) < 4.78 is 1.59. The molecule has 3 amide bonds. The number of anilines is 1. The van der Waals surface area contributed by atoms with E-state index in [0.29, 0.717) is 16.9 Å². The summed E-state index contributed by atoms with van der Waals surface area (Å²) in [5, 5.41) is 26.0. The number of para-hydroxylation sites is 1. The number of carbonyl (C=O) groups excluding carboxylic acids is 3. The van der Waals surface area contributed by atoms with Gasteiger partial charge in [-0.3, -0.25) is 14.4 Å². The lowest BCUT2D eigenvalue weighted by molar-refractivity contribution is -0.140. The van der Waals surface area contributed by atoms with Crippen molar-refractivity contribution in [2.45, 2.75) is 17.9 Å². The zero-order valence-electron chi connectivity index (χ0n) is 19.2. The number of nitrogens with one attached hydrogen (secondary N) is 1. The van der Waals surface area contributed by atoms with Crippen LogP contribution < -0.4 is 5.32 Å². The molecule has 1 aromatic carbocycles. The van der Waals surface area contributed by atoms with Crippen LogP contribution >= 0.6 is 0 Å². The van der Waals surface area contributed by atoms with Crippen LogP contribution in [0.4, 0.5) is 5.69 Å². The minimum atomic E-state index is -1.24. The van der Waals surface area contributed by atoms with E-state index >= 15 is 0 Å². The molecular weight excluding hydrogens is 452 g/mol. The second-order valence-corrected chi connectivity index (χ2v) is 9.13. The summed E-state index contributed by atoms with van der Waals surface area (Å²) in [6.45, 7) is -0.452. The van der Waals surface area contributed by atoms with Gasteiger partial charge in [0.2, 0.25) is 17.7 Å². The van der Waals surface area contributed by atoms with E-state index in [1.165, 1.54) is 18.3 Å². The van der Waals surface area contributed by atoms with Crippen molar-refractivity contribution in [1.82, 2.24) is 24.4 Å². The maximum Gasteiger partial charge on any atom is 0.237 e. The quantitative estimate of drug-likeness (QED) is 0.431. The number of hydrogen-bond acceptors (Lipinski definition) is 7. The van der Waals surface area contributed by atoms with Crippen LogP contribution in [0.5, 0.6) is 0 Å². The summed E-state index contributed by atoms with van der Waals surface area (Å²) >= 11 is 0. The molecule has 2 aliphatic heterocycles. The zero-order valence-corrected chi connectivity index (χ0v) is 19.2.